The molecular weight excluding hydrogens is 446 g/mol. The first-order valence-electron chi connectivity index (χ1n) is 8.77. The summed E-state index contributed by atoms with van der Waals surface area (Å²) in [5.74, 6) is -0.858. The van der Waals surface area contributed by atoms with Crippen LogP contribution in [-0.4, -0.2) is 31.1 Å². The Hall–Kier alpha value is -1.64. The van der Waals surface area contributed by atoms with E-state index in [0.29, 0.717) is 9.89 Å². The molecular formula is C19H18BrN3O2S2. The summed E-state index contributed by atoms with van der Waals surface area (Å²) >= 11 is 6.47. The van der Waals surface area contributed by atoms with Gasteiger partial charge < -0.3 is 5.11 Å². The predicted octanol–water partition coefficient (Wildman–Crippen LogP) is 5.20. The smallest absolute Gasteiger partial charge is 0.316 e. The fourth-order valence-corrected chi connectivity index (χ4v) is 6.24. The van der Waals surface area contributed by atoms with Crippen LogP contribution in [0, 0.1) is 0 Å². The number of aliphatic carboxylic acids is 1. The van der Waals surface area contributed by atoms with Crippen molar-refractivity contribution in [3.05, 3.63) is 46.2 Å². The predicted molar refractivity (Wildman–Crippen MR) is 112 cm³/mol. The van der Waals surface area contributed by atoms with Crippen molar-refractivity contribution in [1.82, 2.24) is 14.8 Å². The second-order valence-corrected chi connectivity index (χ2v) is 9.47. The van der Waals surface area contributed by atoms with E-state index in [4.69, 9.17) is 0 Å². The van der Waals surface area contributed by atoms with Crippen LogP contribution in [0.1, 0.15) is 30.9 Å². The minimum Gasteiger partial charge on any atom is -0.480 e. The molecule has 8 heteroatoms. The number of halogens is 1. The number of carbonyl (C=O) groups is 1. The monoisotopic (exact) mass is 463 g/mol. The number of thioether (sulfide) groups is 1. The van der Waals surface area contributed by atoms with E-state index in [1.165, 1.54) is 46.2 Å². The highest BCUT2D eigenvalue weighted by Gasteiger charge is 2.27. The summed E-state index contributed by atoms with van der Waals surface area (Å²) in [5.41, 5.74) is 3.98. The summed E-state index contributed by atoms with van der Waals surface area (Å²) in [6.07, 6.45) is 4.46. The molecule has 1 aromatic carbocycles. The Kier molecular flexibility index (Phi) is 5.39. The van der Waals surface area contributed by atoms with Crippen molar-refractivity contribution < 1.29 is 9.90 Å². The zero-order valence-electron chi connectivity index (χ0n) is 14.7. The van der Waals surface area contributed by atoms with Crippen LogP contribution in [0.3, 0.4) is 0 Å². The number of carboxylic acids is 1. The molecule has 5 nitrogen and oxygen atoms in total. The maximum Gasteiger partial charge on any atom is 0.316 e. The highest BCUT2D eigenvalue weighted by molar-refractivity contribution is 9.10. The molecule has 2 heterocycles. The molecule has 0 aliphatic heterocycles. The quantitative estimate of drug-likeness (QED) is 0.526. The van der Waals surface area contributed by atoms with Crippen LogP contribution in [0.2, 0.25) is 0 Å². The zero-order chi connectivity index (χ0) is 19.0. The van der Waals surface area contributed by atoms with Crippen molar-refractivity contribution in [2.45, 2.75) is 43.0 Å². The maximum absolute atomic E-state index is 11.3. The van der Waals surface area contributed by atoms with E-state index >= 15 is 0 Å². The van der Waals surface area contributed by atoms with Gasteiger partial charge in [0.15, 0.2) is 5.16 Å². The minimum atomic E-state index is -0.858. The second-order valence-electron chi connectivity index (χ2n) is 6.45. The van der Waals surface area contributed by atoms with E-state index in [1.54, 1.807) is 18.3 Å². The average molecular weight is 464 g/mol. The number of aromatic nitrogens is 3. The van der Waals surface area contributed by atoms with Gasteiger partial charge in [0.25, 0.3) is 0 Å². The van der Waals surface area contributed by atoms with Crippen LogP contribution in [-0.2, 0) is 17.6 Å². The standard InChI is InChI=1S/C19H18BrN3O2S2/c1-11(17(24)25)26-19-22-21-18(20)23(19)16-14-10-6-5-9-13(14)15(27-16)12-7-3-2-4-8-12/h2-4,7-8,11H,5-6,9-10H2,1H3,(H,24,25). The number of thiophene rings is 1. The van der Waals surface area contributed by atoms with Crippen LogP contribution in [0.15, 0.2) is 40.2 Å². The normalized spacial score (nSPS) is 14.7. The van der Waals surface area contributed by atoms with Crippen LogP contribution >= 0.6 is 39.0 Å². The van der Waals surface area contributed by atoms with Crippen molar-refractivity contribution in [3.8, 4) is 15.4 Å². The maximum atomic E-state index is 11.3. The number of fused-ring (bicyclic) bond motifs is 1. The summed E-state index contributed by atoms with van der Waals surface area (Å²) in [6.45, 7) is 1.67. The average Bonchev–Trinajstić information content (AvgIpc) is 3.23. The van der Waals surface area contributed by atoms with Gasteiger partial charge in [-0.05, 0) is 65.2 Å². The molecule has 0 spiro atoms. The summed E-state index contributed by atoms with van der Waals surface area (Å²) in [6, 6.07) is 10.5. The Labute approximate surface area is 174 Å². The highest BCUT2D eigenvalue weighted by atomic mass is 79.9. The molecule has 0 saturated heterocycles. The lowest BCUT2D eigenvalue weighted by molar-refractivity contribution is -0.136. The van der Waals surface area contributed by atoms with Crippen molar-refractivity contribution in [1.29, 1.82) is 0 Å². The Balaban J connectivity index is 1.85. The lowest BCUT2D eigenvalue weighted by Gasteiger charge is -2.15. The van der Waals surface area contributed by atoms with Crippen molar-refractivity contribution in [2.24, 2.45) is 0 Å². The topological polar surface area (TPSA) is 68.0 Å². The molecule has 0 bridgehead atoms. The van der Waals surface area contributed by atoms with Crippen molar-refractivity contribution in [3.63, 3.8) is 0 Å². The third-order valence-corrected chi connectivity index (χ3v) is 7.51. The Morgan fingerprint density at radius 2 is 1.93 bits per heavy atom. The molecule has 0 amide bonds. The number of hydrogen-bond donors (Lipinski definition) is 1. The zero-order valence-corrected chi connectivity index (χ0v) is 17.9. The van der Waals surface area contributed by atoms with Gasteiger partial charge in [0, 0.05) is 4.88 Å². The van der Waals surface area contributed by atoms with E-state index in [-0.39, 0.29) is 0 Å². The van der Waals surface area contributed by atoms with Gasteiger partial charge in [-0.2, -0.15) is 0 Å². The number of hydrogen-bond acceptors (Lipinski definition) is 5. The number of carboxylic acid groups (broad SMARTS) is 1. The fraction of sp³-hybridized carbons (Fsp3) is 0.316. The van der Waals surface area contributed by atoms with Gasteiger partial charge in [-0.3, -0.25) is 9.36 Å². The summed E-state index contributed by atoms with van der Waals surface area (Å²) in [5, 5.41) is 18.8. The molecule has 0 fully saturated rings. The molecule has 4 rings (SSSR count). The Morgan fingerprint density at radius 3 is 2.63 bits per heavy atom. The molecule has 1 aliphatic carbocycles. The molecule has 0 saturated carbocycles. The van der Waals surface area contributed by atoms with Gasteiger partial charge in [0.1, 0.15) is 10.3 Å². The molecule has 1 aliphatic rings. The van der Waals surface area contributed by atoms with E-state index < -0.39 is 11.2 Å². The van der Waals surface area contributed by atoms with Gasteiger partial charge >= 0.3 is 5.97 Å². The number of benzene rings is 1. The molecule has 2 aromatic heterocycles. The largest absolute Gasteiger partial charge is 0.480 e. The molecule has 1 atom stereocenters. The third kappa shape index (κ3) is 3.58. The Bertz CT molecular complexity index is 985. The van der Waals surface area contributed by atoms with Gasteiger partial charge in [-0.1, -0.05) is 42.1 Å². The summed E-state index contributed by atoms with van der Waals surface area (Å²) in [7, 11) is 0. The van der Waals surface area contributed by atoms with Gasteiger partial charge in [-0.15, -0.1) is 21.5 Å². The van der Waals surface area contributed by atoms with Crippen LogP contribution in [0.25, 0.3) is 15.4 Å². The lowest BCUT2D eigenvalue weighted by Crippen LogP contribution is -2.13. The van der Waals surface area contributed by atoms with Crippen LogP contribution < -0.4 is 0 Å². The minimum absolute atomic E-state index is 0.593. The molecule has 1 unspecified atom stereocenters. The first-order valence-corrected chi connectivity index (χ1v) is 11.3. The van der Waals surface area contributed by atoms with Crippen molar-refractivity contribution in [2.75, 3.05) is 0 Å². The fourth-order valence-electron chi connectivity index (χ4n) is 3.32. The second kappa shape index (κ2) is 7.77. The number of rotatable bonds is 5. The number of nitrogens with zero attached hydrogens (tertiary/aromatic N) is 3. The molecule has 1 N–H and O–H groups in total. The van der Waals surface area contributed by atoms with E-state index in [1.807, 2.05) is 10.6 Å². The summed E-state index contributed by atoms with van der Waals surface area (Å²) < 4.78 is 2.57. The van der Waals surface area contributed by atoms with Gasteiger partial charge in [0.2, 0.25) is 4.73 Å². The first-order chi connectivity index (χ1) is 13.1. The molecule has 27 heavy (non-hydrogen) atoms. The third-order valence-electron chi connectivity index (χ3n) is 4.66. The molecule has 3 aromatic rings. The van der Waals surface area contributed by atoms with Crippen molar-refractivity contribution >= 4 is 45.0 Å². The SMILES string of the molecule is CC(Sc1nnc(Br)n1-c1sc(-c2ccccc2)c2c1CCCC2)C(=O)O. The first kappa shape index (κ1) is 18.7. The van der Waals surface area contributed by atoms with Crippen LogP contribution in [0.4, 0.5) is 0 Å². The van der Waals surface area contributed by atoms with E-state index in [0.717, 1.165) is 17.8 Å². The van der Waals surface area contributed by atoms with Gasteiger partial charge in [0.05, 0.1) is 0 Å². The molecule has 0 radical (unpaired) electrons. The van der Waals surface area contributed by atoms with Gasteiger partial charge in [-0.25, -0.2) is 0 Å². The lowest BCUT2D eigenvalue weighted by atomic mass is 9.91. The van der Waals surface area contributed by atoms with E-state index in [2.05, 4.69) is 50.4 Å². The highest BCUT2D eigenvalue weighted by Crippen LogP contribution is 2.44. The molecule has 140 valence electrons. The van der Waals surface area contributed by atoms with Crippen LogP contribution in [0.5, 0.6) is 0 Å². The summed E-state index contributed by atoms with van der Waals surface area (Å²) in [4.78, 5) is 12.6. The van der Waals surface area contributed by atoms with E-state index in [9.17, 15) is 9.90 Å². The Morgan fingerprint density at radius 1 is 1.22 bits per heavy atom.